The summed E-state index contributed by atoms with van der Waals surface area (Å²) in [5, 5.41) is 2.66. The largest absolute Gasteiger partial charge is 0.462 e. The van der Waals surface area contributed by atoms with Crippen LogP contribution in [0.25, 0.3) is 0 Å². The number of thiophene rings is 1. The number of carbonyl (C=O) groups is 4. The van der Waals surface area contributed by atoms with E-state index in [1.54, 1.807) is 20.8 Å². The molecule has 27 heavy (non-hydrogen) atoms. The minimum absolute atomic E-state index is 0.112. The molecule has 1 atom stereocenters. The third-order valence-corrected chi connectivity index (χ3v) is 6.65. The van der Waals surface area contributed by atoms with Crippen LogP contribution in [0, 0.1) is 12.3 Å². The van der Waals surface area contributed by atoms with Crippen LogP contribution in [0.4, 0.5) is 5.00 Å². The maximum Gasteiger partial charge on any atom is 0.341 e. The number of halogens is 2. The van der Waals surface area contributed by atoms with Crippen LogP contribution >= 0.6 is 34.5 Å². The van der Waals surface area contributed by atoms with E-state index in [9.17, 15) is 19.2 Å². The Morgan fingerprint density at radius 2 is 1.81 bits per heavy atom. The zero-order valence-corrected chi connectivity index (χ0v) is 17.6. The normalized spacial score (nSPS) is 19.9. The van der Waals surface area contributed by atoms with Crippen LogP contribution in [0.15, 0.2) is 0 Å². The Morgan fingerprint density at radius 3 is 2.30 bits per heavy atom. The van der Waals surface area contributed by atoms with E-state index in [0.29, 0.717) is 10.4 Å². The van der Waals surface area contributed by atoms with Crippen molar-refractivity contribution in [2.75, 3.05) is 18.5 Å². The van der Waals surface area contributed by atoms with Gasteiger partial charge in [0.05, 0.1) is 17.0 Å². The summed E-state index contributed by atoms with van der Waals surface area (Å²) in [6, 6.07) is 0. The van der Waals surface area contributed by atoms with Gasteiger partial charge in [-0.2, -0.15) is 0 Å². The highest BCUT2D eigenvalue weighted by molar-refractivity contribution is 7.18. The molecule has 1 aliphatic rings. The predicted molar refractivity (Wildman–Crippen MR) is 102 cm³/mol. The van der Waals surface area contributed by atoms with Crippen LogP contribution in [-0.4, -0.2) is 41.2 Å². The second-order valence-electron chi connectivity index (χ2n) is 6.37. The minimum Gasteiger partial charge on any atom is -0.462 e. The van der Waals surface area contributed by atoms with Crippen LogP contribution < -0.4 is 5.32 Å². The van der Waals surface area contributed by atoms with Gasteiger partial charge in [0.2, 0.25) is 0 Å². The molecule has 1 saturated carbocycles. The van der Waals surface area contributed by atoms with Gasteiger partial charge < -0.3 is 14.8 Å². The van der Waals surface area contributed by atoms with Crippen molar-refractivity contribution in [1.82, 2.24) is 0 Å². The smallest absolute Gasteiger partial charge is 0.341 e. The highest BCUT2D eigenvalue weighted by Crippen LogP contribution is 2.64. The van der Waals surface area contributed by atoms with Crippen molar-refractivity contribution in [3.63, 3.8) is 0 Å². The fourth-order valence-corrected chi connectivity index (χ4v) is 4.26. The van der Waals surface area contributed by atoms with E-state index >= 15 is 0 Å². The average molecular weight is 436 g/mol. The van der Waals surface area contributed by atoms with E-state index < -0.39 is 34.2 Å². The first-order chi connectivity index (χ1) is 12.4. The van der Waals surface area contributed by atoms with Gasteiger partial charge in [-0.25, -0.2) is 4.79 Å². The molecule has 1 heterocycles. The number of hydrogen-bond donors (Lipinski definition) is 1. The summed E-state index contributed by atoms with van der Waals surface area (Å²) in [6.07, 6.45) is 0.239. The fourth-order valence-electron chi connectivity index (χ4n) is 2.46. The molecule has 1 aromatic heterocycles. The molecule has 0 bridgehead atoms. The third-order valence-electron chi connectivity index (χ3n) is 4.24. The van der Waals surface area contributed by atoms with Gasteiger partial charge >= 0.3 is 11.9 Å². The lowest BCUT2D eigenvalue weighted by Crippen LogP contribution is -2.27. The Kier molecular flexibility index (Phi) is 6.23. The van der Waals surface area contributed by atoms with Crippen LogP contribution in [0.2, 0.25) is 0 Å². The third kappa shape index (κ3) is 4.28. The van der Waals surface area contributed by atoms with Gasteiger partial charge in [0.1, 0.15) is 14.7 Å². The molecular formula is C17H19Cl2NO6S. The number of nitrogens with one attached hydrogen (secondary N) is 1. The highest BCUT2D eigenvalue weighted by Gasteiger charge is 2.69. The zero-order valence-electron chi connectivity index (χ0n) is 15.2. The molecule has 1 amide bonds. The molecular weight excluding hydrogens is 417 g/mol. The molecule has 0 aromatic carbocycles. The van der Waals surface area contributed by atoms with E-state index in [1.807, 2.05) is 0 Å². The van der Waals surface area contributed by atoms with Crippen molar-refractivity contribution in [3.8, 4) is 0 Å². The molecule has 1 aliphatic carbocycles. The average Bonchev–Trinajstić information content (AvgIpc) is 2.92. The maximum absolute atomic E-state index is 12.2. The summed E-state index contributed by atoms with van der Waals surface area (Å²) in [7, 11) is 0. The second kappa shape index (κ2) is 7.77. The maximum atomic E-state index is 12.2. The molecule has 0 radical (unpaired) electrons. The van der Waals surface area contributed by atoms with Crippen molar-refractivity contribution in [2.45, 2.75) is 38.4 Å². The number of Topliss-reactive ketones (excluding diaryl/α,β-unsaturated/α-hetero) is 1. The van der Waals surface area contributed by atoms with Crippen molar-refractivity contribution in [2.24, 2.45) is 5.41 Å². The minimum atomic E-state index is -1.20. The van der Waals surface area contributed by atoms with E-state index in [2.05, 4.69) is 5.32 Å². The standard InChI is InChI=1S/C17H19Cl2NO6S/c1-5-25-14(23)11-8(2)12(9(3)21)27-13(11)20-10(22)6-26-15(24)16(4)7-17(16,18)19/h5-7H2,1-4H3,(H,20,22)/t16-/m0/s1. The van der Waals surface area contributed by atoms with E-state index in [1.165, 1.54) is 6.92 Å². The van der Waals surface area contributed by atoms with Gasteiger partial charge in [-0.3, -0.25) is 14.4 Å². The zero-order chi connectivity index (χ0) is 20.6. The molecule has 2 rings (SSSR count). The predicted octanol–water partition coefficient (Wildman–Crippen LogP) is 3.50. The quantitative estimate of drug-likeness (QED) is 0.399. The Hall–Kier alpha value is -1.64. The SMILES string of the molecule is CCOC(=O)c1c(NC(=O)COC(=O)[C@]2(C)CC2(Cl)Cl)sc(C(C)=O)c1C. The first-order valence-corrected chi connectivity index (χ1v) is 9.68. The molecule has 1 aromatic rings. The van der Waals surface area contributed by atoms with Crippen molar-refractivity contribution >= 4 is 63.2 Å². The molecule has 7 nitrogen and oxygen atoms in total. The van der Waals surface area contributed by atoms with Crippen molar-refractivity contribution < 1.29 is 28.7 Å². The number of amides is 1. The lowest BCUT2D eigenvalue weighted by molar-refractivity contribution is -0.152. The van der Waals surface area contributed by atoms with Crippen LogP contribution in [0.3, 0.4) is 0 Å². The molecule has 0 spiro atoms. The number of ketones is 1. The van der Waals surface area contributed by atoms with Gasteiger partial charge in [0.25, 0.3) is 5.91 Å². The first-order valence-electron chi connectivity index (χ1n) is 8.11. The first kappa shape index (κ1) is 21.7. The molecule has 0 unspecified atom stereocenters. The van der Waals surface area contributed by atoms with E-state index in [-0.39, 0.29) is 29.4 Å². The topological polar surface area (TPSA) is 98.8 Å². The highest BCUT2D eigenvalue weighted by atomic mass is 35.5. The number of esters is 2. The lowest BCUT2D eigenvalue weighted by Gasteiger charge is -2.12. The number of carbonyl (C=O) groups excluding carboxylic acids is 4. The summed E-state index contributed by atoms with van der Waals surface area (Å²) in [5.74, 6) is -2.23. The summed E-state index contributed by atoms with van der Waals surface area (Å²) < 4.78 is 8.77. The van der Waals surface area contributed by atoms with Gasteiger partial charge in [0, 0.05) is 6.42 Å². The van der Waals surface area contributed by atoms with Crippen LogP contribution in [0.1, 0.15) is 52.8 Å². The second-order valence-corrected chi connectivity index (χ2v) is 8.88. The van der Waals surface area contributed by atoms with Crippen molar-refractivity contribution in [3.05, 3.63) is 16.0 Å². The van der Waals surface area contributed by atoms with E-state index in [0.717, 1.165) is 11.3 Å². The van der Waals surface area contributed by atoms with Gasteiger partial charge in [0.15, 0.2) is 12.4 Å². The van der Waals surface area contributed by atoms with Gasteiger partial charge in [-0.1, -0.05) is 0 Å². The molecule has 0 aliphatic heterocycles. The Balaban J connectivity index is 2.10. The van der Waals surface area contributed by atoms with Crippen LogP contribution in [0.5, 0.6) is 0 Å². The Morgan fingerprint density at radius 1 is 1.22 bits per heavy atom. The molecule has 1 fully saturated rings. The lowest BCUT2D eigenvalue weighted by atomic mass is 10.1. The number of ether oxygens (including phenoxy) is 2. The Bertz CT molecular complexity index is 819. The molecule has 10 heteroatoms. The number of rotatable bonds is 7. The summed E-state index contributed by atoms with van der Waals surface area (Å²) in [5.41, 5.74) is -0.507. The summed E-state index contributed by atoms with van der Waals surface area (Å²) in [4.78, 5) is 48.5. The molecule has 1 N–H and O–H groups in total. The summed E-state index contributed by atoms with van der Waals surface area (Å²) >= 11 is 12.8. The van der Waals surface area contributed by atoms with Gasteiger partial charge in [-0.05, 0) is 33.3 Å². The molecule has 0 saturated heterocycles. The number of anilines is 1. The number of hydrogen-bond acceptors (Lipinski definition) is 7. The molecule has 148 valence electrons. The fraction of sp³-hybridized carbons (Fsp3) is 0.529. The summed E-state index contributed by atoms with van der Waals surface area (Å²) in [6.45, 7) is 5.73. The van der Waals surface area contributed by atoms with Gasteiger partial charge in [-0.15, -0.1) is 34.5 Å². The monoisotopic (exact) mass is 435 g/mol. The van der Waals surface area contributed by atoms with Crippen molar-refractivity contribution in [1.29, 1.82) is 0 Å². The van der Waals surface area contributed by atoms with E-state index in [4.69, 9.17) is 32.7 Å². The Labute approximate surface area is 170 Å². The number of alkyl halides is 2. The van der Waals surface area contributed by atoms with Crippen LogP contribution in [-0.2, 0) is 19.1 Å².